The first-order chi connectivity index (χ1) is 9.52. The zero-order valence-electron chi connectivity index (χ0n) is 13.5. The number of rotatable bonds is 0. The van der Waals surface area contributed by atoms with Gasteiger partial charge in [0.1, 0.15) is 11.2 Å². The van der Waals surface area contributed by atoms with Gasteiger partial charge in [-0.3, -0.25) is 4.79 Å². The van der Waals surface area contributed by atoms with Crippen molar-refractivity contribution >= 4 is 21.7 Å². The quantitative estimate of drug-likeness (QED) is 0.661. The van der Waals surface area contributed by atoms with Crippen molar-refractivity contribution in [1.29, 1.82) is 0 Å². The number of carbonyl (C=O) groups excluding carboxylic acids is 1. The van der Waals surface area contributed by atoms with Crippen LogP contribution in [0.1, 0.15) is 38.8 Å². The van der Waals surface area contributed by atoms with Gasteiger partial charge in [0.25, 0.3) is 0 Å². The van der Waals surface area contributed by atoms with Gasteiger partial charge >= 0.3 is 0 Å². The molecule has 1 unspecified atom stereocenters. The monoisotopic (exact) mass is 354 g/mol. The molecule has 116 valence electrons. The molecule has 0 aromatic heterocycles. The van der Waals surface area contributed by atoms with Crippen LogP contribution in [0.2, 0.25) is 0 Å². The zero-order valence-corrected chi connectivity index (χ0v) is 15.1. The predicted octanol–water partition coefficient (Wildman–Crippen LogP) is 3.98. The Hall–Kier alpha value is -0.710. The van der Waals surface area contributed by atoms with Gasteiger partial charge in [0.15, 0.2) is 5.60 Å². The van der Waals surface area contributed by atoms with E-state index in [0.717, 1.165) is 4.47 Å². The summed E-state index contributed by atoms with van der Waals surface area (Å²) in [6.45, 7) is 12.2. The second kappa shape index (κ2) is 5.18. The number of aryl methyl sites for hydroxylation is 2. The largest absolute Gasteiger partial charge is 0.358 e. The van der Waals surface area contributed by atoms with E-state index in [1.807, 2.05) is 13.8 Å². The van der Waals surface area contributed by atoms with E-state index in [9.17, 15) is 4.79 Å². The first-order valence-electron chi connectivity index (χ1n) is 7.14. The average Bonchev–Trinajstić information content (AvgIpc) is 3.12. The maximum atomic E-state index is 11.8. The van der Waals surface area contributed by atoms with Gasteiger partial charge in [-0.2, -0.15) is 0 Å². The summed E-state index contributed by atoms with van der Waals surface area (Å²) in [5, 5.41) is 0. The molecule has 2 fully saturated rings. The van der Waals surface area contributed by atoms with E-state index in [1.54, 1.807) is 13.8 Å². The van der Waals surface area contributed by atoms with E-state index >= 15 is 0 Å². The van der Waals surface area contributed by atoms with Crippen LogP contribution in [0.5, 0.6) is 0 Å². The standard InChI is InChI=1S/C9H14O3.C8H9Br/c1-7(2)6(10)9(5-11-9)8(3,4)12-7;1-6-3-4-8(9)5-7(6)2/h5H2,1-4H3;3-5H,1-2H3. The van der Waals surface area contributed by atoms with Gasteiger partial charge < -0.3 is 9.47 Å². The van der Waals surface area contributed by atoms with Crippen molar-refractivity contribution < 1.29 is 14.3 Å². The minimum Gasteiger partial charge on any atom is -0.358 e. The SMILES string of the molecule is CC1(C)OC(C)(C)C2(CO2)C1=O.Cc1ccc(Br)cc1C. The Morgan fingerprint density at radius 3 is 1.95 bits per heavy atom. The summed E-state index contributed by atoms with van der Waals surface area (Å²) in [4.78, 5) is 11.8. The van der Waals surface area contributed by atoms with Crippen LogP contribution in [0.25, 0.3) is 0 Å². The molecule has 0 amide bonds. The number of Topliss-reactive ketones (excluding diaryl/α,β-unsaturated/α-hetero) is 1. The second-order valence-corrected chi connectivity index (χ2v) is 7.71. The third kappa shape index (κ3) is 2.94. The lowest BCUT2D eigenvalue weighted by Crippen LogP contribution is -2.40. The van der Waals surface area contributed by atoms with Gasteiger partial charge in [-0.15, -0.1) is 0 Å². The van der Waals surface area contributed by atoms with Crippen molar-refractivity contribution in [2.75, 3.05) is 6.61 Å². The maximum Gasteiger partial charge on any atom is 0.201 e. The van der Waals surface area contributed by atoms with Gasteiger partial charge in [0.2, 0.25) is 5.78 Å². The van der Waals surface area contributed by atoms with E-state index in [2.05, 4.69) is 48.0 Å². The minimum atomic E-state index is -0.681. The van der Waals surface area contributed by atoms with Crippen molar-refractivity contribution in [1.82, 2.24) is 0 Å². The van der Waals surface area contributed by atoms with Crippen molar-refractivity contribution in [2.45, 2.75) is 58.3 Å². The summed E-state index contributed by atoms with van der Waals surface area (Å²) in [6.07, 6.45) is 0. The van der Waals surface area contributed by atoms with E-state index in [1.165, 1.54) is 11.1 Å². The van der Waals surface area contributed by atoms with Gasteiger partial charge in [-0.25, -0.2) is 0 Å². The van der Waals surface area contributed by atoms with Gasteiger partial charge in [-0.05, 0) is 64.8 Å². The van der Waals surface area contributed by atoms with Gasteiger partial charge in [0, 0.05) is 4.47 Å². The molecule has 1 spiro atoms. The van der Waals surface area contributed by atoms with Gasteiger partial charge in [0.05, 0.1) is 6.61 Å². The summed E-state index contributed by atoms with van der Waals surface area (Å²) in [5.74, 6) is 0.0833. The van der Waals surface area contributed by atoms with E-state index in [-0.39, 0.29) is 5.78 Å². The van der Waals surface area contributed by atoms with Crippen LogP contribution in [-0.2, 0) is 14.3 Å². The molecule has 0 saturated carbocycles. The molecular weight excluding hydrogens is 332 g/mol. The lowest BCUT2D eigenvalue weighted by atomic mass is 9.86. The Balaban J connectivity index is 0.000000161. The molecule has 2 saturated heterocycles. The molecule has 1 aromatic carbocycles. The number of epoxide rings is 1. The summed E-state index contributed by atoms with van der Waals surface area (Å²) in [7, 11) is 0. The highest BCUT2D eigenvalue weighted by atomic mass is 79.9. The van der Waals surface area contributed by atoms with Crippen LogP contribution in [0.15, 0.2) is 22.7 Å². The smallest absolute Gasteiger partial charge is 0.201 e. The fourth-order valence-electron chi connectivity index (χ4n) is 2.78. The molecular formula is C17H23BrO3. The third-order valence-electron chi connectivity index (χ3n) is 4.30. The number of ketones is 1. The molecule has 3 rings (SSSR count). The second-order valence-electron chi connectivity index (χ2n) is 6.80. The Kier molecular flexibility index (Phi) is 4.11. The van der Waals surface area contributed by atoms with E-state index in [4.69, 9.17) is 9.47 Å². The zero-order chi connectivity index (χ0) is 16.1. The van der Waals surface area contributed by atoms with Crippen LogP contribution >= 0.6 is 15.9 Å². The molecule has 4 heteroatoms. The van der Waals surface area contributed by atoms with Crippen LogP contribution in [0.4, 0.5) is 0 Å². The lowest BCUT2D eigenvalue weighted by Gasteiger charge is -2.23. The van der Waals surface area contributed by atoms with Crippen molar-refractivity contribution in [2.24, 2.45) is 0 Å². The molecule has 0 N–H and O–H groups in total. The number of halogens is 1. The number of hydrogen-bond donors (Lipinski definition) is 0. The Morgan fingerprint density at radius 2 is 1.67 bits per heavy atom. The first kappa shape index (κ1) is 16.7. The topological polar surface area (TPSA) is 38.8 Å². The van der Waals surface area contributed by atoms with Crippen LogP contribution in [0.3, 0.4) is 0 Å². The number of ether oxygens (including phenoxy) is 2. The molecule has 21 heavy (non-hydrogen) atoms. The van der Waals surface area contributed by atoms with E-state index < -0.39 is 16.8 Å². The van der Waals surface area contributed by atoms with Crippen molar-refractivity contribution in [3.8, 4) is 0 Å². The summed E-state index contributed by atoms with van der Waals surface area (Å²) in [6, 6.07) is 6.29. The van der Waals surface area contributed by atoms with Crippen LogP contribution in [-0.4, -0.2) is 29.2 Å². The Morgan fingerprint density at radius 1 is 1.10 bits per heavy atom. The van der Waals surface area contributed by atoms with Crippen LogP contribution < -0.4 is 0 Å². The number of carbonyl (C=O) groups is 1. The summed E-state index contributed by atoms with van der Waals surface area (Å²) >= 11 is 3.40. The van der Waals surface area contributed by atoms with Gasteiger partial charge in [-0.1, -0.05) is 22.0 Å². The number of hydrogen-bond acceptors (Lipinski definition) is 3. The molecule has 2 aliphatic rings. The molecule has 0 aliphatic carbocycles. The summed E-state index contributed by atoms with van der Waals surface area (Å²) < 4.78 is 12.1. The fraction of sp³-hybridized carbons (Fsp3) is 0.588. The van der Waals surface area contributed by atoms with Crippen molar-refractivity contribution in [3.05, 3.63) is 33.8 Å². The Bertz CT molecular complexity index is 571. The van der Waals surface area contributed by atoms with Crippen LogP contribution in [0, 0.1) is 13.8 Å². The molecule has 0 radical (unpaired) electrons. The molecule has 2 aliphatic heterocycles. The molecule has 3 nitrogen and oxygen atoms in total. The molecule has 1 aromatic rings. The highest BCUT2D eigenvalue weighted by Gasteiger charge is 2.72. The molecule has 0 bridgehead atoms. The maximum absolute atomic E-state index is 11.8. The predicted molar refractivity (Wildman–Crippen MR) is 86.5 cm³/mol. The van der Waals surface area contributed by atoms with Crippen molar-refractivity contribution in [3.63, 3.8) is 0 Å². The minimum absolute atomic E-state index is 0.0833. The highest BCUT2D eigenvalue weighted by Crippen LogP contribution is 2.51. The Labute approximate surface area is 135 Å². The normalized spacial score (nSPS) is 28.2. The average molecular weight is 355 g/mol. The third-order valence-corrected chi connectivity index (χ3v) is 4.79. The lowest BCUT2D eigenvalue weighted by molar-refractivity contribution is -0.132. The summed E-state index contributed by atoms with van der Waals surface area (Å²) in [5.41, 5.74) is 0.909. The number of benzene rings is 1. The first-order valence-corrected chi connectivity index (χ1v) is 7.93. The fourth-order valence-corrected chi connectivity index (χ4v) is 3.26. The highest BCUT2D eigenvalue weighted by molar-refractivity contribution is 9.10. The molecule has 1 atom stereocenters. The molecule has 2 heterocycles. The van der Waals surface area contributed by atoms with E-state index in [0.29, 0.717) is 6.61 Å².